The lowest BCUT2D eigenvalue weighted by Crippen LogP contribution is -2.28. The number of methoxy groups -OCH3 is 1. The van der Waals surface area contributed by atoms with Crippen LogP contribution in [0.5, 0.6) is 5.88 Å². The molecular formula is C22H19F2N5O2. The molecule has 0 radical (unpaired) electrons. The Morgan fingerprint density at radius 2 is 1.84 bits per heavy atom. The van der Waals surface area contributed by atoms with E-state index >= 15 is 0 Å². The van der Waals surface area contributed by atoms with Crippen molar-refractivity contribution < 1.29 is 18.3 Å². The molecule has 1 aromatic carbocycles. The Bertz CT molecular complexity index is 1250. The van der Waals surface area contributed by atoms with Crippen LogP contribution in [-0.2, 0) is 0 Å². The minimum atomic E-state index is -2.53. The van der Waals surface area contributed by atoms with Gasteiger partial charge in [0.2, 0.25) is 5.88 Å². The first-order valence-electron chi connectivity index (χ1n) is 9.39. The molecule has 7 nitrogen and oxygen atoms in total. The molecule has 0 unspecified atom stereocenters. The van der Waals surface area contributed by atoms with Crippen molar-refractivity contribution in [1.29, 1.82) is 0 Å². The number of anilines is 1. The number of rotatable bonds is 5. The third-order valence-corrected chi connectivity index (χ3v) is 4.90. The molecule has 1 amide bonds. The van der Waals surface area contributed by atoms with Gasteiger partial charge in [0.25, 0.3) is 12.3 Å². The highest BCUT2D eigenvalue weighted by Crippen LogP contribution is 2.28. The summed E-state index contributed by atoms with van der Waals surface area (Å²) >= 11 is 0. The second-order valence-corrected chi connectivity index (χ2v) is 6.97. The Hall–Kier alpha value is -3.88. The third kappa shape index (κ3) is 3.81. The lowest BCUT2D eigenvalue weighted by molar-refractivity contribution is 0.0987. The molecule has 0 N–H and O–H groups in total. The molecule has 0 aliphatic carbocycles. The number of alkyl halides is 2. The van der Waals surface area contributed by atoms with Crippen LogP contribution in [-0.4, -0.2) is 39.4 Å². The zero-order valence-electron chi connectivity index (χ0n) is 17.1. The number of fused-ring (bicyclic) bond motifs is 1. The van der Waals surface area contributed by atoms with Gasteiger partial charge in [0.15, 0.2) is 5.65 Å². The Morgan fingerprint density at radius 3 is 2.52 bits per heavy atom. The second kappa shape index (κ2) is 8.10. The number of carbonyl (C=O) groups is 1. The van der Waals surface area contributed by atoms with Gasteiger partial charge < -0.3 is 9.64 Å². The van der Waals surface area contributed by atoms with Crippen LogP contribution in [0.1, 0.15) is 28.0 Å². The summed E-state index contributed by atoms with van der Waals surface area (Å²) in [7, 11) is 3.10. The average molecular weight is 423 g/mol. The Labute approximate surface area is 177 Å². The molecule has 0 atom stereocenters. The van der Waals surface area contributed by atoms with E-state index in [1.807, 2.05) is 6.92 Å². The van der Waals surface area contributed by atoms with Crippen molar-refractivity contribution in [2.75, 3.05) is 19.1 Å². The highest BCUT2D eigenvalue weighted by Gasteiger charge is 2.21. The predicted octanol–water partition coefficient (Wildman–Crippen LogP) is 4.32. The molecule has 0 saturated carbocycles. The number of aromatic nitrogens is 4. The summed E-state index contributed by atoms with van der Waals surface area (Å²) in [5.74, 6) is -0.0368. The smallest absolute Gasteiger partial charge is 0.278 e. The van der Waals surface area contributed by atoms with Crippen molar-refractivity contribution >= 4 is 17.2 Å². The van der Waals surface area contributed by atoms with Gasteiger partial charge in [0, 0.05) is 30.6 Å². The lowest BCUT2D eigenvalue weighted by atomic mass is 10.1. The molecule has 158 valence electrons. The van der Waals surface area contributed by atoms with Crippen molar-refractivity contribution in [1.82, 2.24) is 19.4 Å². The summed E-state index contributed by atoms with van der Waals surface area (Å²) in [4.78, 5) is 27.3. The van der Waals surface area contributed by atoms with E-state index in [1.165, 1.54) is 30.3 Å². The highest BCUT2D eigenvalue weighted by atomic mass is 19.3. The molecular weight excluding hydrogens is 404 g/mol. The van der Waals surface area contributed by atoms with E-state index < -0.39 is 6.43 Å². The zero-order valence-corrected chi connectivity index (χ0v) is 17.1. The maximum atomic E-state index is 13.1. The first-order chi connectivity index (χ1) is 14.9. The van der Waals surface area contributed by atoms with Crippen LogP contribution in [0.4, 0.5) is 14.5 Å². The zero-order chi connectivity index (χ0) is 22.1. The molecule has 4 rings (SSSR count). The first kappa shape index (κ1) is 20.4. The van der Waals surface area contributed by atoms with Crippen molar-refractivity contribution in [2.24, 2.45) is 0 Å². The van der Waals surface area contributed by atoms with Gasteiger partial charge in [-0.05, 0) is 18.6 Å². The number of aryl methyl sites for hydroxylation is 1. The standard InChI is InChI=1S/C22H19F2N5O2/c1-13-8-17(21(31-3)27-9-13)28(2)22(30)16-12-29-18(10-26-19(29)11-25-16)14-4-6-15(7-5-14)20(23)24/h4-12,20H,1-3H3. The molecule has 0 aliphatic heterocycles. The predicted molar refractivity (Wildman–Crippen MR) is 112 cm³/mol. The minimum Gasteiger partial charge on any atom is -0.480 e. The van der Waals surface area contributed by atoms with Gasteiger partial charge in [-0.15, -0.1) is 0 Å². The summed E-state index contributed by atoms with van der Waals surface area (Å²) in [5.41, 5.74) is 3.40. The number of amides is 1. The van der Waals surface area contributed by atoms with Crippen LogP contribution in [0.2, 0.25) is 0 Å². The van der Waals surface area contributed by atoms with Crippen molar-refractivity contribution in [3.8, 4) is 17.1 Å². The monoisotopic (exact) mass is 423 g/mol. The van der Waals surface area contributed by atoms with E-state index in [-0.39, 0.29) is 17.2 Å². The second-order valence-electron chi connectivity index (χ2n) is 6.97. The van der Waals surface area contributed by atoms with Crippen LogP contribution in [0, 0.1) is 6.92 Å². The van der Waals surface area contributed by atoms with Gasteiger partial charge in [-0.25, -0.2) is 23.7 Å². The number of hydrogen-bond acceptors (Lipinski definition) is 5. The van der Waals surface area contributed by atoms with Crippen LogP contribution in [0.25, 0.3) is 16.9 Å². The minimum absolute atomic E-state index is 0.0579. The molecule has 31 heavy (non-hydrogen) atoms. The van der Waals surface area contributed by atoms with Crippen LogP contribution in [0.3, 0.4) is 0 Å². The van der Waals surface area contributed by atoms with E-state index in [9.17, 15) is 13.6 Å². The molecule has 0 saturated heterocycles. The third-order valence-electron chi connectivity index (χ3n) is 4.90. The van der Waals surface area contributed by atoms with Gasteiger partial charge in [-0.3, -0.25) is 9.20 Å². The molecule has 0 aliphatic rings. The number of halogens is 2. The van der Waals surface area contributed by atoms with Crippen molar-refractivity contribution in [2.45, 2.75) is 13.3 Å². The Balaban J connectivity index is 1.71. The summed E-state index contributed by atoms with van der Waals surface area (Å²) in [6.07, 6.45) is 3.80. The molecule has 4 aromatic rings. The quantitative estimate of drug-likeness (QED) is 0.478. The van der Waals surface area contributed by atoms with Gasteiger partial charge in [-0.2, -0.15) is 0 Å². The van der Waals surface area contributed by atoms with Gasteiger partial charge in [0.05, 0.1) is 25.2 Å². The molecule has 9 heteroatoms. The number of benzene rings is 1. The molecule has 0 spiro atoms. The number of imidazole rings is 1. The molecule has 0 bridgehead atoms. The van der Waals surface area contributed by atoms with E-state index in [2.05, 4.69) is 15.0 Å². The lowest BCUT2D eigenvalue weighted by Gasteiger charge is -2.19. The maximum Gasteiger partial charge on any atom is 0.278 e. The Kier molecular flexibility index (Phi) is 5.33. The normalized spacial score (nSPS) is 11.2. The summed E-state index contributed by atoms with van der Waals surface area (Å²) in [6, 6.07) is 7.74. The summed E-state index contributed by atoms with van der Waals surface area (Å²) < 4.78 is 32.7. The van der Waals surface area contributed by atoms with Crippen LogP contribution < -0.4 is 9.64 Å². The fourth-order valence-electron chi connectivity index (χ4n) is 3.23. The summed E-state index contributed by atoms with van der Waals surface area (Å²) in [6.45, 7) is 1.87. The van der Waals surface area contributed by atoms with E-state index in [4.69, 9.17) is 4.74 Å². The van der Waals surface area contributed by atoms with E-state index in [1.54, 1.807) is 48.2 Å². The molecule has 3 aromatic heterocycles. The molecule has 3 heterocycles. The topological polar surface area (TPSA) is 72.6 Å². The number of ether oxygens (including phenoxy) is 1. The fraction of sp³-hybridized carbons (Fsp3) is 0.182. The van der Waals surface area contributed by atoms with Crippen molar-refractivity contribution in [3.05, 3.63) is 71.9 Å². The number of nitrogens with zero attached hydrogens (tertiary/aromatic N) is 5. The first-order valence-corrected chi connectivity index (χ1v) is 9.39. The number of carbonyl (C=O) groups excluding carboxylic acids is 1. The van der Waals surface area contributed by atoms with Gasteiger partial charge in [0.1, 0.15) is 11.4 Å². The van der Waals surface area contributed by atoms with Gasteiger partial charge >= 0.3 is 0 Å². The number of hydrogen-bond donors (Lipinski definition) is 0. The van der Waals surface area contributed by atoms with E-state index in [0.29, 0.717) is 28.5 Å². The average Bonchev–Trinajstić information content (AvgIpc) is 3.21. The highest BCUT2D eigenvalue weighted by molar-refractivity contribution is 6.05. The SMILES string of the molecule is COc1ncc(C)cc1N(C)C(=O)c1cn2c(-c3ccc(C(F)F)cc3)cnc2cn1. The van der Waals surface area contributed by atoms with E-state index in [0.717, 1.165) is 5.56 Å². The fourth-order valence-corrected chi connectivity index (χ4v) is 3.23. The maximum absolute atomic E-state index is 13.1. The Morgan fingerprint density at radius 1 is 1.10 bits per heavy atom. The summed E-state index contributed by atoms with van der Waals surface area (Å²) in [5, 5.41) is 0. The molecule has 0 fully saturated rings. The largest absolute Gasteiger partial charge is 0.480 e. The van der Waals surface area contributed by atoms with Crippen LogP contribution in [0.15, 0.2) is 55.1 Å². The number of pyridine rings is 1. The van der Waals surface area contributed by atoms with Gasteiger partial charge in [-0.1, -0.05) is 24.3 Å². The van der Waals surface area contributed by atoms with Crippen molar-refractivity contribution in [3.63, 3.8) is 0 Å². The van der Waals surface area contributed by atoms with Crippen LogP contribution >= 0.6 is 0 Å².